The molecule has 0 unspecified atom stereocenters. The quantitative estimate of drug-likeness (QED) is 0.694. The van der Waals surface area contributed by atoms with Crippen LogP contribution in [0.4, 0.5) is 4.79 Å². The topological polar surface area (TPSA) is 95.6 Å². The van der Waals surface area contributed by atoms with Gasteiger partial charge in [0.15, 0.2) is 5.78 Å². The average molecular weight is 426 g/mol. The van der Waals surface area contributed by atoms with Crippen LogP contribution in [0, 0.1) is 0 Å². The van der Waals surface area contributed by atoms with Crippen molar-refractivity contribution in [3.8, 4) is 0 Å². The first kappa shape index (κ1) is 20.3. The van der Waals surface area contributed by atoms with Crippen LogP contribution in [0.15, 0.2) is 41.8 Å². The highest BCUT2D eigenvalue weighted by atomic mass is 32.1. The smallest absolute Gasteiger partial charge is 0.325 e. The Morgan fingerprint density at radius 1 is 1.23 bits per heavy atom. The molecule has 156 valence electrons. The molecule has 0 saturated carbocycles. The summed E-state index contributed by atoms with van der Waals surface area (Å²) < 4.78 is 0. The molecule has 2 aromatic rings. The van der Waals surface area contributed by atoms with Crippen molar-refractivity contribution < 1.29 is 19.2 Å². The van der Waals surface area contributed by atoms with Crippen molar-refractivity contribution in [3.63, 3.8) is 0 Å². The Morgan fingerprint density at radius 2 is 2.00 bits per heavy atom. The number of fused-ring (bicyclic) bond motifs is 2. The maximum Gasteiger partial charge on any atom is 0.325 e. The number of amides is 4. The van der Waals surface area contributed by atoms with E-state index in [1.54, 1.807) is 11.3 Å². The van der Waals surface area contributed by atoms with Gasteiger partial charge in [-0.15, -0.1) is 11.3 Å². The number of thiophene rings is 1. The van der Waals surface area contributed by atoms with Crippen molar-refractivity contribution in [2.75, 3.05) is 6.54 Å². The van der Waals surface area contributed by atoms with Gasteiger partial charge in [-0.1, -0.05) is 30.3 Å². The van der Waals surface area contributed by atoms with Crippen LogP contribution in [0.25, 0.3) is 0 Å². The molecule has 2 aliphatic rings. The third kappa shape index (κ3) is 3.63. The second-order valence-electron chi connectivity index (χ2n) is 7.76. The molecule has 1 fully saturated rings. The Balaban J connectivity index is 1.46. The molecule has 1 aromatic heterocycles. The third-order valence-electron chi connectivity index (χ3n) is 5.75. The maximum atomic E-state index is 13.2. The highest BCUT2D eigenvalue weighted by Gasteiger charge is 2.54. The molecule has 0 bridgehead atoms. The summed E-state index contributed by atoms with van der Waals surface area (Å²) in [5, 5.41) is 7.43. The van der Waals surface area contributed by atoms with E-state index in [1.165, 1.54) is 6.92 Å². The fraction of sp³-hybridized carbons (Fsp3) is 0.364. The molecule has 1 saturated heterocycles. The molecular formula is C22H23N3O4S. The summed E-state index contributed by atoms with van der Waals surface area (Å²) in [6.07, 6.45) is 2.55. The SMILES string of the molecule is CC(=O)[C@@H](Cc1ccccc1)NC(=O)CN1C(=O)N[C@@]2(CCCc3sccc32)C1=O. The van der Waals surface area contributed by atoms with E-state index in [1.807, 2.05) is 41.8 Å². The van der Waals surface area contributed by atoms with Gasteiger partial charge in [-0.2, -0.15) is 0 Å². The van der Waals surface area contributed by atoms with Crippen LogP contribution in [0.5, 0.6) is 0 Å². The summed E-state index contributed by atoms with van der Waals surface area (Å²) in [5.74, 6) is -1.12. The number of nitrogens with one attached hydrogen (secondary N) is 2. The minimum atomic E-state index is -1.07. The van der Waals surface area contributed by atoms with E-state index in [0.29, 0.717) is 12.8 Å². The second kappa shape index (κ2) is 8.02. The molecule has 0 radical (unpaired) electrons. The van der Waals surface area contributed by atoms with Gasteiger partial charge < -0.3 is 10.6 Å². The Morgan fingerprint density at radius 3 is 2.73 bits per heavy atom. The van der Waals surface area contributed by atoms with Gasteiger partial charge in [0.25, 0.3) is 5.91 Å². The molecule has 1 spiro atoms. The van der Waals surface area contributed by atoms with Crippen molar-refractivity contribution >= 4 is 35.0 Å². The number of imide groups is 1. The highest BCUT2D eigenvalue weighted by molar-refractivity contribution is 7.10. The second-order valence-corrected chi connectivity index (χ2v) is 8.76. The first-order valence-electron chi connectivity index (χ1n) is 9.95. The Bertz CT molecular complexity index is 1000. The largest absolute Gasteiger partial charge is 0.344 e. The molecule has 1 aliphatic carbocycles. The van der Waals surface area contributed by atoms with Gasteiger partial charge in [-0.3, -0.25) is 19.3 Å². The van der Waals surface area contributed by atoms with Gasteiger partial charge in [-0.05, 0) is 49.6 Å². The number of carbonyl (C=O) groups excluding carboxylic acids is 4. The zero-order valence-electron chi connectivity index (χ0n) is 16.6. The standard InChI is InChI=1S/C22H23N3O4S/c1-14(26)17(12-15-6-3-2-4-7-15)23-19(27)13-25-20(28)22(24-21(25)29)10-5-8-18-16(22)9-11-30-18/h2-4,6-7,9,11,17H,5,8,10,12-13H2,1H3,(H,23,27)(H,24,29)/t17-,22-/m1/s1. The number of hydrogen-bond donors (Lipinski definition) is 2. The van der Waals surface area contributed by atoms with Crippen molar-refractivity contribution in [3.05, 3.63) is 57.8 Å². The van der Waals surface area contributed by atoms with E-state index in [-0.39, 0.29) is 5.78 Å². The number of hydrogen-bond acceptors (Lipinski definition) is 5. The summed E-state index contributed by atoms with van der Waals surface area (Å²) in [5.41, 5.74) is 0.680. The number of carbonyl (C=O) groups is 4. The van der Waals surface area contributed by atoms with E-state index in [4.69, 9.17) is 0 Å². The van der Waals surface area contributed by atoms with Crippen LogP contribution in [-0.4, -0.2) is 41.1 Å². The molecule has 4 rings (SSSR count). The summed E-state index contributed by atoms with van der Waals surface area (Å²) in [6.45, 7) is 1.00. The van der Waals surface area contributed by atoms with Crippen LogP contribution >= 0.6 is 11.3 Å². The van der Waals surface area contributed by atoms with Crippen molar-refractivity contribution in [2.45, 2.75) is 44.2 Å². The minimum Gasteiger partial charge on any atom is -0.344 e. The minimum absolute atomic E-state index is 0.184. The number of Topliss-reactive ketones (excluding diaryl/α,β-unsaturated/α-hetero) is 1. The molecule has 2 heterocycles. The van der Waals surface area contributed by atoms with Gasteiger partial charge in [-0.25, -0.2) is 4.79 Å². The Hall–Kier alpha value is -3.00. The van der Waals surface area contributed by atoms with Crippen LogP contribution in [-0.2, 0) is 32.8 Å². The molecule has 7 nitrogen and oxygen atoms in total. The zero-order chi connectivity index (χ0) is 21.3. The normalized spacial score (nSPS) is 21.3. The third-order valence-corrected chi connectivity index (χ3v) is 6.73. The molecule has 2 N–H and O–H groups in total. The zero-order valence-corrected chi connectivity index (χ0v) is 17.5. The lowest BCUT2D eigenvalue weighted by Crippen LogP contribution is -2.49. The van der Waals surface area contributed by atoms with Crippen LogP contribution in [0.3, 0.4) is 0 Å². The maximum absolute atomic E-state index is 13.2. The molecule has 30 heavy (non-hydrogen) atoms. The number of aryl methyl sites for hydroxylation is 1. The van der Waals surface area contributed by atoms with Gasteiger partial charge in [0, 0.05) is 10.4 Å². The number of benzene rings is 1. The van der Waals surface area contributed by atoms with E-state index < -0.39 is 36.0 Å². The number of ketones is 1. The van der Waals surface area contributed by atoms with Crippen molar-refractivity contribution in [2.24, 2.45) is 0 Å². The summed E-state index contributed by atoms with van der Waals surface area (Å²) in [7, 11) is 0. The lowest BCUT2D eigenvalue weighted by atomic mass is 9.80. The fourth-order valence-corrected chi connectivity index (χ4v) is 5.21. The predicted octanol–water partition coefficient (Wildman–Crippen LogP) is 2.15. The molecule has 2 atom stereocenters. The highest BCUT2D eigenvalue weighted by Crippen LogP contribution is 2.41. The lowest BCUT2D eigenvalue weighted by molar-refractivity contribution is -0.136. The molecular weight excluding hydrogens is 402 g/mol. The summed E-state index contributed by atoms with van der Waals surface area (Å²) in [4.78, 5) is 52.5. The summed E-state index contributed by atoms with van der Waals surface area (Å²) >= 11 is 1.58. The van der Waals surface area contributed by atoms with Gasteiger partial charge in [0.05, 0.1) is 6.04 Å². The number of urea groups is 1. The fourth-order valence-electron chi connectivity index (χ4n) is 4.21. The molecule has 4 amide bonds. The van der Waals surface area contributed by atoms with Crippen molar-refractivity contribution in [1.82, 2.24) is 15.5 Å². The van der Waals surface area contributed by atoms with Crippen LogP contribution in [0.2, 0.25) is 0 Å². The van der Waals surface area contributed by atoms with E-state index in [9.17, 15) is 19.2 Å². The first-order valence-corrected chi connectivity index (χ1v) is 10.8. The average Bonchev–Trinajstić information content (AvgIpc) is 3.29. The number of nitrogens with zero attached hydrogens (tertiary/aromatic N) is 1. The summed E-state index contributed by atoms with van der Waals surface area (Å²) in [6, 6.07) is 9.96. The van der Waals surface area contributed by atoms with Crippen LogP contribution in [0.1, 0.15) is 35.8 Å². The monoisotopic (exact) mass is 425 g/mol. The van der Waals surface area contributed by atoms with Gasteiger partial charge in [0.1, 0.15) is 12.1 Å². The van der Waals surface area contributed by atoms with Gasteiger partial charge >= 0.3 is 6.03 Å². The lowest BCUT2D eigenvalue weighted by Gasteiger charge is -2.31. The van der Waals surface area contributed by atoms with E-state index >= 15 is 0 Å². The Labute approximate surface area is 178 Å². The molecule has 1 aromatic carbocycles. The number of rotatable bonds is 6. The predicted molar refractivity (Wildman–Crippen MR) is 112 cm³/mol. The van der Waals surface area contributed by atoms with Crippen LogP contribution < -0.4 is 10.6 Å². The van der Waals surface area contributed by atoms with Gasteiger partial charge in [0.2, 0.25) is 5.91 Å². The molecule has 1 aliphatic heterocycles. The van der Waals surface area contributed by atoms with E-state index in [2.05, 4.69) is 10.6 Å². The van der Waals surface area contributed by atoms with E-state index in [0.717, 1.165) is 33.7 Å². The Kier molecular flexibility index (Phi) is 5.42. The molecule has 8 heteroatoms. The first-order chi connectivity index (χ1) is 14.4. The van der Waals surface area contributed by atoms with Crippen molar-refractivity contribution in [1.29, 1.82) is 0 Å².